The minimum atomic E-state index is 0. The van der Waals surface area contributed by atoms with Crippen molar-refractivity contribution in [1.29, 1.82) is 0 Å². The molecule has 3 nitrogen and oxygen atoms in total. The van der Waals surface area contributed by atoms with Crippen molar-refractivity contribution in [2.75, 3.05) is 6.54 Å². The van der Waals surface area contributed by atoms with E-state index in [1.807, 2.05) is 31.2 Å². The Morgan fingerprint density at radius 2 is 1.95 bits per heavy atom. The molecule has 0 bridgehead atoms. The minimum Gasteiger partial charge on any atom is -0.348 e. The lowest BCUT2D eigenvalue weighted by molar-refractivity contribution is 0.0915. The van der Waals surface area contributed by atoms with Gasteiger partial charge in [-0.1, -0.05) is 37.5 Å². The van der Waals surface area contributed by atoms with Crippen molar-refractivity contribution in [1.82, 2.24) is 5.32 Å². The fourth-order valence-corrected chi connectivity index (χ4v) is 2.98. The lowest BCUT2D eigenvalue weighted by atomic mass is 9.83. The van der Waals surface area contributed by atoms with Crippen LogP contribution in [0.3, 0.4) is 0 Å². The average molecular weight is 297 g/mol. The van der Waals surface area contributed by atoms with Crippen LogP contribution in [-0.4, -0.2) is 18.5 Å². The molecule has 1 amide bonds. The van der Waals surface area contributed by atoms with Crippen LogP contribution in [0.15, 0.2) is 24.3 Å². The van der Waals surface area contributed by atoms with Crippen LogP contribution in [0, 0.1) is 12.8 Å². The molecule has 2 rings (SSSR count). The molecule has 20 heavy (non-hydrogen) atoms. The number of hydrogen-bond donors (Lipinski definition) is 2. The van der Waals surface area contributed by atoms with Crippen molar-refractivity contribution in [2.45, 2.75) is 45.1 Å². The first-order valence-electron chi connectivity index (χ1n) is 7.29. The summed E-state index contributed by atoms with van der Waals surface area (Å²) in [5.74, 6) is 0.561. The summed E-state index contributed by atoms with van der Waals surface area (Å²) in [5, 5.41) is 3.13. The van der Waals surface area contributed by atoms with Crippen LogP contribution in [-0.2, 0) is 0 Å². The van der Waals surface area contributed by atoms with E-state index in [1.165, 1.54) is 32.1 Å². The Morgan fingerprint density at radius 1 is 1.30 bits per heavy atom. The maximum Gasteiger partial charge on any atom is 0.251 e. The van der Waals surface area contributed by atoms with Gasteiger partial charge < -0.3 is 11.1 Å². The van der Waals surface area contributed by atoms with Crippen LogP contribution >= 0.6 is 12.4 Å². The van der Waals surface area contributed by atoms with E-state index >= 15 is 0 Å². The summed E-state index contributed by atoms with van der Waals surface area (Å²) in [4.78, 5) is 12.3. The molecule has 112 valence electrons. The van der Waals surface area contributed by atoms with Gasteiger partial charge in [0.15, 0.2) is 0 Å². The molecule has 1 aliphatic carbocycles. The number of halogens is 1. The third-order valence-electron chi connectivity index (χ3n) is 4.18. The van der Waals surface area contributed by atoms with Gasteiger partial charge in [0.2, 0.25) is 0 Å². The second-order valence-electron chi connectivity index (χ2n) is 5.53. The molecule has 3 N–H and O–H groups in total. The van der Waals surface area contributed by atoms with E-state index in [4.69, 9.17) is 5.73 Å². The first-order chi connectivity index (χ1) is 9.22. The summed E-state index contributed by atoms with van der Waals surface area (Å²) in [5.41, 5.74) is 7.63. The van der Waals surface area contributed by atoms with Crippen molar-refractivity contribution >= 4 is 18.3 Å². The fraction of sp³-hybridized carbons (Fsp3) is 0.562. The Labute approximate surface area is 127 Å². The molecule has 0 radical (unpaired) electrons. The van der Waals surface area contributed by atoms with E-state index in [1.54, 1.807) is 0 Å². The zero-order valence-electron chi connectivity index (χ0n) is 12.1. The zero-order chi connectivity index (χ0) is 13.7. The molecule has 1 unspecified atom stereocenters. The van der Waals surface area contributed by atoms with Gasteiger partial charge in [0.05, 0.1) is 0 Å². The number of rotatable bonds is 4. The third-order valence-corrected chi connectivity index (χ3v) is 4.18. The number of aryl methyl sites for hydroxylation is 1. The van der Waals surface area contributed by atoms with Crippen LogP contribution in [0.1, 0.15) is 48.0 Å². The van der Waals surface area contributed by atoms with Crippen LogP contribution in [0.5, 0.6) is 0 Å². The number of carbonyl (C=O) groups is 1. The van der Waals surface area contributed by atoms with Crippen LogP contribution in [0.4, 0.5) is 0 Å². The Balaban J connectivity index is 0.00000200. The quantitative estimate of drug-likeness (QED) is 0.897. The number of nitrogens with two attached hydrogens (primary N) is 1. The van der Waals surface area contributed by atoms with E-state index in [0.29, 0.717) is 12.5 Å². The zero-order valence-corrected chi connectivity index (χ0v) is 12.9. The highest BCUT2D eigenvalue weighted by Crippen LogP contribution is 2.26. The first-order valence-corrected chi connectivity index (χ1v) is 7.29. The first kappa shape index (κ1) is 17.0. The molecule has 0 heterocycles. The van der Waals surface area contributed by atoms with Gasteiger partial charge in [-0.3, -0.25) is 4.79 Å². The number of benzene rings is 1. The Bertz CT molecular complexity index is 430. The molecule has 0 aromatic heterocycles. The second-order valence-corrected chi connectivity index (χ2v) is 5.53. The predicted octanol–water partition coefficient (Wildman–Crippen LogP) is 3.05. The smallest absolute Gasteiger partial charge is 0.251 e. The maximum atomic E-state index is 12.3. The molecule has 0 spiro atoms. The van der Waals surface area contributed by atoms with Crippen molar-refractivity contribution < 1.29 is 4.79 Å². The Morgan fingerprint density at radius 3 is 2.55 bits per heavy atom. The second kappa shape index (κ2) is 8.28. The molecule has 1 saturated carbocycles. The van der Waals surface area contributed by atoms with Gasteiger partial charge in [-0.05, 0) is 37.3 Å². The van der Waals surface area contributed by atoms with Gasteiger partial charge in [0.1, 0.15) is 0 Å². The lowest BCUT2D eigenvalue weighted by Crippen LogP contribution is -2.46. The van der Waals surface area contributed by atoms with Gasteiger partial charge >= 0.3 is 0 Å². The normalized spacial score (nSPS) is 17.1. The van der Waals surface area contributed by atoms with Gasteiger partial charge in [-0.15, -0.1) is 12.4 Å². The van der Waals surface area contributed by atoms with Gasteiger partial charge in [-0.25, -0.2) is 0 Å². The highest BCUT2D eigenvalue weighted by Gasteiger charge is 2.24. The minimum absolute atomic E-state index is 0. The molecule has 1 fully saturated rings. The fourth-order valence-electron chi connectivity index (χ4n) is 2.98. The molecule has 1 aromatic carbocycles. The summed E-state index contributed by atoms with van der Waals surface area (Å²) >= 11 is 0. The lowest BCUT2D eigenvalue weighted by Gasteiger charge is -2.30. The average Bonchev–Trinajstić information content (AvgIpc) is 2.46. The van der Waals surface area contributed by atoms with E-state index in [2.05, 4.69) is 5.32 Å². The standard InChI is InChI=1S/C16H24N2O.ClH/c1-12-7-5-6-10-14(12)16(19)18-15(11-17)13-8-3-2-4-9-13;/h5-7,10,13,15H,2-4,8-9,11,17H2,1H3,(H,18,19);1H. The largest absolute Gasteiger partial charge is 0.348 e. The maximum absolute atomic E-state index is 12.3. The molecule has 1 aromatic rings. The van der Waals surface area contributed by atoms with E-state index in [-0.39, 0.29) is 24.4 Å². The molecule has 1 atom stereocenters. The van der Waals surface area contributed by atoms with Crippen LogP contribution in [0.25, 0.3) is 0 Å². The number of nitrogens with one attached hydrogen (secondary N) is 1. The Hall–Kier alpha value is -1.06. The van der Waals surface area contributed by atoms with Crippen molar-refractivity contribution in [3.05, 3.63) is 35.4 Å². The highest BCUT2D eigenvalue weighted by molar-refractivity contribution is 5.95. The molecule has 1 aliphatic rings. The number of hydrogen-bond acceptors (Lipinski definition) is 2. The summed E-state index contributed by atoms with van der Waals surface area (Å²) in [6.07, 6.45) is 6.23. The Kier molecular flexibility index (Phi) is 7.03. The van der Waals surface area contributed by atoms with Gasteiger partial charge in [-0.2, -0.15) is 0 Å². The van der Waals surface area contributed by atoms with Gasteiger partial charge in [0, 0.05) is 18.2 Å². The summed E-state index contributed by atoms with van der Waals surface area (Å²) in [6.45, 7) is 2.50. The number of amides is 1. The van der Waals surface area contributed by atoms with Crippen molar-refractivity contribution in [3.8, 4) is 0 Å². The third kappa shape index (κ3) is 4.22. The summed E-state index contributed by atoms with van der Waals surface area (Å²) < 4.78 is 0. The van der Waals surface area contributed by atoms with Gasteiger partial charge in [0.25, 0.3) is 5.91 Å². The van der Waals surface area contributed by atoms with Crippen LogP contribution in [0.2, 0.25) is 0 Å². The molecular weight excluding hydrogens is 272 g/mol. The highest BCUT2D eigenvalue weighted by atomic mass is 35.5. The topological polar surface area (TPSA) is 55.1 Å². The van der Waals surface area contributed by atoms with E-state index in [0.717, 1.165) is 11.1 Å². The molecule has 0 aliphatic heterocycles. The SMILES string of the molecule is Cc1ccccc1C(=O)NC(CN)C1CCCCC1.Cl. The molecule has 4 heteroatoms. The van der Waals surface area contributed by atoms with Crippen LogP contribution < -0.4 is 11.1 Å². The predicted molar refractivity (Wildman–Crippen MR) is 85.3 cm³/mol. The van der Waals surface area contributed by atoms with Crippen molar-refractivity contribution in [3.63, 3.8) is 0 Å². The van der Waals surface area contributed by atoms with E-state index < -0.39 is 0 Å². The van der Waals surface area contributed by atoms with Crippen molar-refractivity contribution in [2.24, 2.45) is 11.7 Å². The van der Waals surface area contributed by atoms with E-state index in [9.17, 15) is 4.79 Å². The summed E-state index contributed by atoms with van der Waals surface area (Å²) in [6, 6.07) is 7.81. The number of carbonyl (C=O) groups excluding carboxylic acids is 1. The molecule has 0 saturated heterocycles. The summed E-state index contributed by atoms with van der Waals surface area (Å²) in [7, 11) is 0. The monoisotopic (exact) mass is 296 g/mol. The molecular formula is C16H25ClN2O.